The van der Waals surface area contributed by atoms with E-state index in [4.69, 9.17) is 19.4 Å². The smallest absolute Gasteiger partial charge is 0.123 e. The molecule has 8 bridgehead atoms. The van der Waals surface area contributed by atoms with Gasteiger partial charge in [0.25, 0.3) is 0 Å². The Morgan fingerprint density at radius 3 is 1.60 bits per heavy atom. The van der Waals surface area contributed by atoms with E-state index in [0.717, 1.165) is 80.3 Å². The van der Waals surface area contributed by atoms with Crippen LogP contribution in [0.5, 0.6) is 11.5 Å². The molecule has 2 aliphatic heterocycles. The van der Waals surface area contributed by atoms with E-state index in [1.165, 1.54) is 64.2 Å². The number of hydrogen-bond acceptors (Lipinski definition) is 4. The molecule has 0 fully saturated rings. The van der Waals surface area contributed by atoms with E-state index in [2.05, 4.69) is 84.5 Å². The molecule has 3 aromatic heterocycles. The van der Waals surface area contributed by atoms with Crippen LogP contribution >= 0.6 is 0 Å². The lowest BCUT2D eigenvalue weighted by molar-refractivity contribution is 0.290. The molecule has 0 unspecified atom stereocenters. The zero-order valence-electron chi connectivity index (χ0n) is 28.7. The van der Waals surface area contributed by atoms with E-state index in [9.17, 15) is 0 Å². The van der Waals surface area contributed by atoms with Gasteiger partial charge in [-0.15, -0.1) is 0 Å². The lowest BCUT2D eigenvalue weighted by Crippen LogP contribution is -2.00. The van der Waals surface area contributed by atoms with Gasteiger partial charge in [-0.25, -0.2) is 9.97 Å². The standard InChI is InChI=1S/C42H50N4O2/c1-3-5-7-9-11-13-21-47-39-23-31(24-40(30-39)48-22-14-12-10-8-6-4-2)41-28-38-27-36-18-17-34(44-36)25-32-15-16-33(43-32)26-35-19-20-37(45-35)29-42(41)46-38/h15-20,23-30,44,46H,3-14,21-22H2,1-2H3. The predicted molar refractivity (Wildman–Crippen MR) is 202 cm³/mol. The summed E-state index contributed by atoms with van der Waals surface area (Å²) in [6.07, 6.45) is 23.0. The van der Waals surface area contributed by atoms with Gasteiger partial charge in [0.15, 0.2) is 0 Å². The molecule has 0 saturated carbocycles. The lowest BCUT2D eigenvalue weighted by Gasteiger charge is -2.13. The first kappa shape index (κ1) is 33.3. The Labute approximate surface area is 285 Å². The quantitative estimate of drug-likeness (QED) is 0.0971. The third-order valence-electron chi connectivity index (χ3n) is 8.89. The van der Waals surface area contributed by atoms with E-state index < -0.39 is 0 Å². The molecule has 0 spiro atoms. The van der Waals surface area contributed by atoms with Crippen LogP contribution in [0.2, 0.25) is 0 Å². The molecular formula is C42H50N4O2. The van der Waals surface area contributed by atoms with Gasteiger partial charge in [0.1, 0.15) is 11.5 Å². The summed E-state index contributed by atoms with van der Waals surface area (Å²) in [5.74, 6) is 1.70. The number of nitrogens with zero attached hydrogens (tertiary/aromatic N) is 2. The number of fused-ring (bicyclic) bond motifs is 8. The Balaban J connectivity index is 1.34. The molecule has 0 aliphatic carbocycles. The Hall–Kier alpha value is -4.58. The number of nitrogens with one attached hydrogen (secondary N) is 2. The fourth-order valence-electron chi connectivity index (χ4n) is 6.30. The molecular weight excluding hydrogens is 592 g/mol. The fraction of sp³-hybridized carbons (Fsp3) is 0.381. The maximum atomic E-state index is 6.37. The van der Waals surface area contributed by atoms with Crippen molar-refractivity contribution in [1.29, 1.82) is 0 Å². The minimum atomic E-state index is 0.708. The molecule has 6 nitrogen and oxygen atoms in total. The highest BCUT2D eigenvalue weighted by Gasteiger charge is 2.11. The molecule has 4 aromatic rings. The minimum Gasteiger partial charge on any atom is -0.493 e. The van der Waals surface area contributed by atoms with Gasteiger partial charge in [-0.1, -0.05) is 78.1 Å². The van der Waals surface area contributed by atoms with E-state index in [0.29, 0.717) is 13.2 Å². The van der Waals surface area contributed by atoms with Crippen LogP contribution in [0.3, 0.4) is 0 Å². The molecule has 0 atom stereocenters. The zero-order valence-corrected chi connectivity index (χ0v) is 28.7. The number of aromatic amines is 2. The van der Waals surface area contributed by atoms with Gasteiger partial charge in [-0.05, 0) is 97.3 Å². The molecule has 0 radical (unpaired) electrons. The molecule has 2 aliphatic rings. The molecule has 5 heterocycles. The molecule has 6 heteroatoms. The van der Waals surface area contributed by atoms with Crippen molar-refractivity contribution in [3.63, 3.8) is 0 Å². The molecule has 0 saturated heterocycles. The summed E-state index contributed by atoms with van der Waals surface area (Å²) in [6, 6.07) is 21.1. The molecule has 0 amide bonds. The van der Waals surface area contributed by atoms with Crippen LogP contribution in [0.25, 0.3) is 57.5 Å². The molecule has 48 heavy (non-hydrogen) atoms. The second-order valence-corrected chi connectivity index (χ2v) is 13.0. The number of H-pyrrole nitrogens is 2. The monoisotopic (exact) mass is 642 g/mol. The highest BCUT2D eigenvalue weighted by atomic mass is 16.5. The summed E-state index contributed by atoms with van der Waals surface area (Å²) >= 11 is 0. The van der Waals surface area contributed by atoms with Crippen LogP contribution in [-0.4, -0.2) is 33.1 Å². The maximum Gasteiger partial charge on any atom is 0.123 e. The van der Waals surface area contributed by atoms with Gasteiger partial charge >= 0.3 is 0 Å². The van der Waals surface area contributed by atoms with E-state index >= 15 is 0 Å². The highest BCUT2D eigenvalue weighted by molar-refractivity contribution is 5.88. The highest BCUT2D eigenvalue weighted by Crippen LogP contribution is 2.34. The zero-order chi connectivity index (χ0) is 33.0. The summed E-state index contributed by atoms with van der Waals surface area (Å²) in [5, 5.41) is 0. The number of aromatic nitrogens is 4. The average molecular weight is 643 g/mol. The minimum absolute atomic E-state index is 0.708. The van der Waals surface area contributed by atoms with Crippen molar-refractivity contribution in [2.75, 3.05) is 13.2 Å². The van der Waals surface area contributed by atoms with Gasteiger partial charge in [0.05, 0.1) is 36.0 Å². The van der Waals surface area contributed by atoms with Crippen LogP contribution in [-0.2, 0) is 0 Å². The van der Waals surface area contributed by atoms with Crippen LogP contribution in [0, 0.1) is 0 Å². The molecule has 2 N–H and O–H groups in total. The number of hydrogen-bond donors (Lipinski definition) is 2. The Morgan fingerprint density at radius 2 is 1.00 bits per heavy atom. The molecule has 1 aromatic carbocycles. The first-order valence-electron chi connectivity index (χ1n) is 18.1. The second kappa shape index (κ2) is 17.0. The van der Waals surface area contributed by atoms with Gasteiger partial charge in [0, 0.05) is 33.7 Å². The number of ether oxygens (including phenoxy) is 2. The number of benzene rings is 1. The van der Waals surface area contributed by atoms with Gasteiger partial charge in [-0.2, -0.15) is 0 Å². The van der Waals surface area contributed by atoms with E-state index in [-0.39, 0.29) is 0 Å². The predicted octanol–water partition coefficient (Wildman–Crippen LogP) is 11.8. The summed E-state index contributed by atoms with van der Waals surface area (Å²) in [7, 11) is 0. The van der Waals surface area contributed by atoms with Crippen LogP contribution in [0.15, 0.2) is 60.7 Å². The van der Waals surface area contributed by atoms with Crippen LogP contribution < -0.4 is 9.47 Å². The van der Waals surface area contributed by atoms with E-state index in [1.807, 2.05) is 24.3 Å². The Morgan fingerprint density at radius 1 is 0.479 bits per heavy atom. The summed E-state index contributed by atoms with van der Waals surface area (Å²) < 4.78 is 12.7. The average Bonchev–Trinajstić information content (AvgIpc) is 3.90. The molecule has 6 rings (SSSR count). The summed E-state index contributed by atoms with van der Waals surface area (Å²) in [4.78, 5) is 16.8. The van der Waals surface area contributed by atoms with Crippen molar-refractivity contribution >= 4 is 46.4 Å². The van der Waals surface area contributed by atoms with Crippen molar-refractivity contribution in [1.82, 2.24) is 19.9 Å². The largest absolute Gasteiger partial charge is 0.493 e. The molecule has 250 valence electrons. The number of unbranched alkanes of at least 4 members (excludes halogenated alkanes) is 10. The SMILES string of the molecule is CCCCCCCCOc1cc(OCCCCCCCC)cc(-c2cc3cc4ccc(cc5nc(cc6nc(cc2[nH]3)C=C6)C=C5)[nH]4)c1. The Bertz CT molecular complexity index is 1840. The van der Waals surface area contributed by atoms with Crippen molar-refractivity contribution in [2.45, 2.75) is 90.9 Å². The topological polar surface area (TPSA) is 75.8 Å². The summed E-state index contributed by atoms with van der Waals surface area (Å²) in [6.45, 7) is 5.93. The van der Waals surface area contributed by atoms with Gasteiger partial charge < -0.3 is 19.4 Å². The third kappa shape index (κ3) is 9.50. The second-order valence-electron chi connectivity index (χ2n) is 13.0. The third-order valence-corrected chi connectivity index (χ3v) is 8.89. The Kier molecular flexibility index (Phi) is 11.8. The lowest BCUT2D eigenvalue weighted by atomic mass is 10.1. The first-order valence-corrected chi connectivity index (χ1v) is 18.1. The van der Waals surface area contributed by atoms with Crippen molar-refractivity contribution in [3.05, 3.63) is 83.4 Å². The van der Waals surface area contributed by atoms with Crippen LogP contribution in [0.4, 0.5) is 0 Å². The fourth-order valence-corrected chi connectivity index (χ4v) is 6.30. The van der Waals surface area contributed by atoms with Gasteiger partial charge in [0.2, 0.25) is 0 Å². The van der Waals surface area contributed by atoms with Gasteiger partial charge in [-0.3, -0.25) is 0 Å². The number of rotatable bonds is 17. The normalized spacial score (nSPS) is 12.1. The van der Waals surface area contributed by atoms with Crippen molar-refractivity contribution < 1.29 is 9.47 Å². The van der Waals surface area contributed by atoms with Crippen LogP contribution in [0.1, 0.15) is 114 Å². The van der Waals surface area contributed by atoms with Crippen molar-refractivity contribution in [3.8, 4) is 22.6 Å². The summed E-state index contributed by atoms with van der Waals surface area (Å²) in [5.41, 5.74) is 9.72. The first-order chi connectivity index (χ1) is 23.6. The maximum absolute atomic E-state index is 6.37. The van der Waals surface area contributed by atoms with E-state index in [1.54, 1.807) is 0 Å². The van der Waals surface area contributed by atoms with Crippen molar-refractivity contribution in [2.24, 2.45) is 0 Å².